The molecule has 6 nitrogen and oxygen atoms in total. The molecule has 1 fully saturated rings. The molecule has 3 heterocycles. The molecule has 4 aromatic rings. The molecule has 2 aromatic heterocycles. The summed E-state index contributed by atoms with van der Waals surface area (Å²) in [5.41, 5.74) is 3.42. The molecule has 1 aliphatic rings. The van der Waals surface area contributed by atoms with E-state index >= 15 is 0 Å². The van der Waals surface area contributed by atoms with Gasteiger partial charge in [-0.1, -0.05) is 28.1 Å². The van der Waals surface area contributed by atoms with Gasteiger partial charge in [0.1, 0.15) is 11.6 Å². The highest BCUT2D eigenvalue weighted by Crippen LogP contribution is 2.36. The van der Waals surface area contributed by atoms with E-state index < -0.39 is 12.0 Å². The second kappa shape index (κ2) is 7.31. The number of halogens is 1. The number of oxazole rings is 1. The van der Waals surface area contributed by atoms with Crippen LogP contribution in [-0.4, -0.2) is 39.0 Å². The van der Waals surface area contributed by atoms with E-state index in [1.165, 1.54) is 0 Å². The quantitative estimate of drug-likeness (QED) is 0.450. The third kappa shape index (κ3) is 3.34. The van der Waals surface area contributed by atoms with Gasteiger partial charge in [0.05, 0.1) is 0 Å². The summed E-state index contributed by atoms with van der Waals surface area (Å²) in [6, 6.07) is 13.0. The molecule has 7 heteroatoms. The van der Waals surface area contributed by atoms with Crippen LogP contribution < -0.4 is 0 Å². The average molecular weight is 454 g/mol. The Kier molecular flexibility index (Phi) is 4.64. The van der Waals surface area contributed by atoms with Gasteiger partial charge in [-0.15, -0.1) is 0 Å². The van der Waals surface area contributed by atoms with Gasteiger partial charge < -0.3 is 14.5 Å². The number of hydrogen-bond donors (Lipinski definition) is 2. The Morgan fingerprint density at radius 3 is 2.79 bits per heavy atom. The number of piperidine rings is 1. The predicted molar refractivity (Wildman–Crippen MR) is 114 cm³/mol. The lowest BCUT2D eigenvalue weighted by molar-refractivity contribution is -0.144. The highest BCUT2D eigenvalue weighted by molar-refractivity contribution is 9.10. The van der Waals surface area contributed by atoms with E-state index in [2.05, 4.69) is 25.9 Å². The summed E-state index contributed by atoms with van der Waals surface area (Å²) in [6.07, 6.45) is 3.47. The van der Waals surface area contributed by atoms with Crippen molar-refractivity contribution in [2.75, 3.05) is 13.1 Å². The lowest BCUT2D eigenvalue weighted by atomic mass is 9.94. The Labute approximate surface area is 175 Å². The first-order valence-electron chi connectivity index (χ1n) is 9.69. The standard InChI is InChI=1S/C22H20BrN3O3/c23-14-5-6-17-15(11-14)16(12-24-17)20(22(27)28)26-9-7-13(8-10-26)21-25-18-3-1-2-4-19(18)29-21/h1-6,11-13,20,24H,7-10H2,(H,27,28)/t20-/m1/s1. The summed E-state index contributed by atoms with van der Waals surface area (Å²) in [6.45, 7) is 1.36. The average Bonchev–Trinajstić information content (AvgIpc) is 3.33. The molecule has 2 aromatic carbocycles. The smallest absolute Gasteiger partial charge is 0.325 e. The molecular weight excluding hydrogens is 434 g/mol. The topological polar surface area (TPSA) is 82.4 Å². The molecule has 148 valence electrons. The molecular formula is C22H20BrN3O3. The summed E-state index contributed by atoms with van der Waals surface area (Å²) < 4.78 is 6.87. The van der Waals surface area contributed by atoms with Crippen LogP contribution in [0.2, 0.25) is 0 Å². The van der Waals surface area contributed by atoms with Crippen molar-refractivity contribution in [3.8, 4) is 0 Å². The molecule has 1 saturated heterocycles. The van der Waals surface area contributed by atoms with Crippen LogP contribution in [0.5, 0.6) is 0 Å². The molecule has 5 rings (SSSR count). The first-order chi connectivity index (χ1) is 14.1. The Morgan fingerprint density at radius 2 is 2.03 bits per heavy atom. The number of likely N-dealkylation sites (tertiary alicyclic amines) is 1. The van der Waals surface area contributed by atoms with Crippen LogP contribution in [0.4, 0.5) is 0 Å². The monoisotopic (exact) mass is 453 g/mol. The van der Waals surface area contributed by atoms with E-state index in [1.54, 1.807) is 0 Å². The van der Waals surface area contributed by atoms with E-state index in [0.29, 0.717) is 13.1 Å². The minimum atomic E-state index is -0.828. The highest BCUT2D eigenvalue weighted by Gasteiger charge is 2.34. The summed E-state index contributed by atoms with van der Waals surface area (Å²) in [5.74, 6) is 0.144. The molecule has 0 aliphatic carbocycles. The summed E-state index contributed by atoms with van der Waals surface area (Å²) in [5, 5.41) is 10.9. The van der Waals surface area contributed by atoms with Crippen LogP contribution in [-0.2, 0) is 4.79 Å². The van der Waals surface area contributed by atoms with Crippen molar-refractivity contribution < 1.29 is 14.3 Å². The molecule has 0 spiro atoms. The third-order valence-electron chi connectivity index (χ3n) is 5.76. The molecule has 1 atom stereocenters. The summed E-state index contributed by atoms with van der Waals surface area (Å²) in [4.78, 5) is 22.1. The number of nitrogens with zero attached hydrogens (tertiary/aromatic N) is 2. The predicted octanol–water partition coefficient (Wildman–Crippen LogP) is 5.08. The normalized spacial score (nSPS) is 17.1. The number of para-hydroxylation sites is 2. The summed E-state index contributed by atoms with van der Waals surface area (Å²) in [7, 11) is 0. The molecule has 0 radical (unpaired) electrons. The molecule has 2 N–H and O–H groups in total. The van der Waals surface area contributed by atoms with Crippen molar-refractivity contribution in [1.29, 1.82) is 0 Å². The van der Waals surface area contributed by atoms with Gasteiger partial charge in [-0.2, -0.15) is 0 Å². The lowest BCUT2D eigenvalue weighted by Gasteiger charge is -2.34. The first-order valence-corrected chi connectivity index (χ1v) is 10.5. The van der Waals surface area contributed by atoms with Crippen molar-refractivity contribution in [2.24, 2.45) is 0 Å². The number of rotatable bonds is 4. The maximum atomic E-state index is 12.2. The van der Waals surface area contributed by atoms with Crippen LogP contribution in [0, 0.1) is 0 Å². The fourth-order valence-electron chi connectivity index (χ4n) is 4.30. The van der Waals surface area contributed by atoms with Gasteiger partial charge in [0.2, 0.25) is 0 Å². The second-order valence-corrected chi connectivity index (χ2v) is 8.42. The van der Waals surface area contributed by atoms with Gasteiger partial charge in [-0.25, -0.2) is 4.98 Å². The van der Waals surface area contributed by atoms with Gasteiger partial charge in [-0.05, 0) is 43.2 Å². The Bertz CT molecular complexity index is 1160. The van der Waals surface area contributed by atoms with Gasteiger partial charge in [-0.3, -0.25) is 9.69 Å². The Morgan fingerprint density at radius 1 is 1.24 bits per heavy atom. The fraction of sp³-hybridized carbons (Fsp3) is 0.273. The SMILES string of the molecule is O=C(O)[C@@H](c1c[nH]c2ccc(Br)cc12)N1CCC(c2nc3ccccc3o2)CC1. The number of carboxylic acids is 1. The number of benzene rings is 2. The van der Waals surface area contributed by atoms with Crippen LogP contribution in [0.1, 0.15) is 36.3 Å². The van der Waals surface area contributed by atoms with E-state index in [1.807, 2.05) is 53.6 Å². The van der Waals surface area contributed by atoms with E-state index in [-0.39, 0.29) is 5.92 Å². The maximum Gasteiger partial charge on any atom is 0.325 e. The first kappa shape index (κ1) is 18.4. The number of aliphatic carboxylic acids is 1. The van der Waals surface area contributed by atoms with Gasteiger partial charge in [0.25, 0.3) is 0 Å². The van der Waals surface area contributed by atoms with Gasteiger partial charge >= 0.3 is 5.97 Å². The highest BCUT2D eigenvalue weighted by atomic mass is 79.9. The van der Waals surface area contributed by atoms with Crippen molar-refractivity contribution in [3.05, 3.63) is 64.6 Å². The number of nitrogens with one attached hydrogen (secondary N) is 1. The zero-order valence-corrected chi connectivity index (χ0v) is 17.2. The Hall–Kier alpha value is -2.64. The number of fused-ring (bicyclic) bond motifs is 2. The number of aromatic nitrogens is 2. The molecule has 29 heavy (non-hydrogen) atoms. The molecule has 0 amide bonds. The number of carbonyl (C=O) groups is 1. The van der Waals surface area contributed by atoms with E-state index in [0.717, 1.165) is 50.8 Å². The third-order valence-corrected chi connectivity index (χ3v) is 6.25. The second-order valence-electron chi connectivity index (χ2n) is 7.50. The zero-order valence-electron chi connectivity index (χ0n) is 15.6. The maximum absolute atomic E-state index is 12.2. The van der Waals surface area contributed by atoms with Crippen molar-refractivity contribution in [2.45, 2.75) is 24.8 Å². The van der Waals surface area contributed by atoms with Crippen LogP contribution >= 0.6 is 15.9 Å². The van der Waals surface area contributed by atoms with Gasteiger partial charge in [0, 0.05) is 46.1 Å². The zero-order chi connectivity index (χ0) is 20.0. The van der Waals surface area contributed by atoms with Crippen molar-refractivity contribution in [3.63, 3.8) is 0 Å². The number of aromatic amines is 1. The number of H-pyrrole nitrogens is 1. The minimum Gasteiger partial charge on any atom is -0.480 e. The van der Waals surface area contributed by atoms with Gasteiger partial charge in [0.15, 0.2) is 11.5 Å². The summed E-state index contributed by atoms with van der Waals surface area (Å²) >= 11 is 3.49. The van der Waals surface area contributed by atoms with Crippen LogP contribution in [0.25, 0.3) is 22.0 Å². The van der Waals surface area contributed by atoms with E-state index in [9.17, 15) is 9.90 Å². The van der Waals surface area contributed by atoms with E-state index in [4.69, 9.17) is 4.42 Å². The van der Waals surface area contributed by atoms with Crippen LogP contribution in [0.3, 0.4) is 0 Å². The Balaban J connectivity index is 1.38. The van der Waals surface area contributed by atoms with Crippen LogP contribution in [0.15, 0.2) is 57.6 Å². The molecule has 0 bridgehead atoms. The lowest BCUT2D eigenvalue weighted by Crippen LogP contribution is -2.39. The molecule has 0 unspecified atom stereocenters. The van der Waals surface area contributed by atoms with Crippen molar-refractivity contribution >= 4 is 43.9 Å². The fourth-order valence-corrected chi connectivity index (χ4v) is 4.66. The molecule has 0 saturated carbocycles. The largest absolute Gasteiger partial charge is 0.480 e. The number of hydrogen-bond acceptors (Lipinski definition) is 4. The minimum absolute atomic E-state index is 0.213. The molecule has 1 aliphatic heterocycles. The van der Waals surface area contributed by atoms with Crippen molar-refractivity contribution in [1.82, 2.24) is 14.9 Å². The number of carboxylic acid groups (broad SMARTS) is 1.